The molecule has 2 aliphatic rings. The molecule has 3 atom stereocenters. The number of nitrogens with one attached hydrogen (secondary N) is 1. The SMILES string of the molecule is COc1cccc(C(=O)N[C@H]2C[C@H]3CO[C@@H](CCO)CN3C2)c1OC. The number of methoxy groups -OCH3 is 2. The molecule has 2 saturated heterocycles. The molecular formula is C18H26N2O5. The largest absolute Gasteiger partial charge is 0.493 e. The summed E-state index contributed by atoms with van der Waals surface area (Å²) >= 11 is 0. The summed E-state index contributed by atoms with van der Waals surface area (Å²) in [7, 11) is 3.08. The summed E-state index contributed by atoms with van der Waals surface area (Å²) in [5.41, 5.74) is 0.473. The minimum Gasteiger partial charge on any atom is -0.493 e. The van der Waals surface area contributed by atoms with E-state index in [-0.39, 0.29) is 24.7 Å². The molecule has 1 amide bonds. The molecule has 0 spiro atoms. The Balaban J connectivity index is 1.63. The molecule has 1 aromatic carbocycles. The lowest BCUT2D eigenvalue weighted by molar-refractivity contribution is -0.0566. The van der Waals surface area contributed by atoms with Crippen molar-refractivity contribution in [1.82, 2.24) is 10.2 Å². The molecule has 0 saturated carbocycles. The fraction of sp³-hybridized carbons (Fsp3) is 0.611. The zero-order chi connectivity index (χ0) is 17.8. The molecule has 7 nitrogen and oxygen atoms in total. The van der Waals surface area contributed by atoms with Gasteiger partial charge < -0.3 is 24.6 Å². The summed E-state index contributed by atoms with van der Waals surface area (Å²) in [6.45, 7) is 2.40. The van der Waals surface area contributed by atoms with Crippen molar-refractivity contribution >= 4 is 5.91 Å². The van der Waals surface area contributed by atoms with E-state index < -0.39 is 0 Å². The third-order valence-corrected chi connectivity index (χ3v) is 4.92. The summed E-state index contributed by atoms with van der Waals surface area (Å²) in [5.74, 6) is 0.831. The van der Waals surface area contributed by atoms with Gasteiger partial charge in [0.1, 0.15) is 0 Å². The standard InChI is InChI=1S/C18H26N2O5/c1-23-16-5-3-4-15(17(16)24-2)18(22)19-12-8-13-11-25-14(6-7-21)10-20(13)9-12/h3-5,12-14,21H,6-11H2,1-2H3,(H,19,22)/t12-,13-,14-/m0/s1. The number of amides is 1. The van der Waals surface area contributed by atoms with Crippen molar-refractivity contribution in [3.63, 3.8) is 0 Å². The maximum absolute atomic E-state index is 12.7. The Kier molecular flexibility index (Phi) is 5.78. The van der Waals surface area contributed by atoms with Gasteiger partial charge in [0.2, 0.25) is 0 Å². The van der Waals surface area contributed by atoms with Crippen molar-refractivity contribution < 1.29 is 24.1 Å². The van der Waals surface area contributed by atoms with Crippen LogP contribution in [0, 0.1) is 0 Å². The minimum absolute atomic E-state index is 0.0740. The van der Waals surface area contributed by atoms with Crippen LogP contribution in [0.15, 0.2) is 18.2 Å². The molecule has 0 radical (unpaired) electrons. The van der Waals surface area contributed by atoms with E-state index in [0.717, 1.165) is 19.5 Å². The van der Waals surface area contributed by atoms with Crippen LogP contribution in [0.3, 0.4) is 0 Å². The van der Waals surface area contributed by atoms with Gasteiger partial charge in [0.05, 0.1) is 32.5 Å². The monoisotopic (exact) mass is 350 g/mol. The number of morpholine rings is 1. The molecule has 138 valence electrons. The van der Waals surface area contributed by atoms with Gasteiger partial charge in [0, 0.05) is 31.8 Å². The normalized spacial score (nSPS) is 26.1. The Labute approximate surface area is 147 Å². The summed E-state index contributed by atoms with van der Waals surface area (Å²) in [5, 5.41) is 12.2. The first kappa shape index (κ1) is 18.0. The van der Waals surface area contributed by atoms with Gasteiger partial charge in [-0.05, 0) is 25.0 Å². The van der Waals surface area contributed by atoms with Crippen molar-refractivity contribution in [2.75, 3.05) is 40.5 Å². The van der Waals surface area contributed by atoms with E-state index in [0.29, 0.717) is 36.1 Å². The first-order chi connectivity index (χ1) is 12.2. The second-order valence-corrected chi connectivity index (χ2v) is 6.52. The van der Waals surface area contributed by atoms with Crippen LogP contribution in [0.25, 0.3) is 0 Å². The van der Waals surface area contributed by atoms with Gasteiger partial charge in [0.15, 0.2) is 11.5 Å². The second kappa shape index (κ2) is 8.03. The van der Waals surface area contributed by atoms with E-state index in [4.69, 9.17) is 19.3 Å². The highest BCUT2D eigenvalue weighted by molar-refractivity contribution is 5.98. The third kappa shape index (κ3) is 3.89. The summed E-state index contributed by atoms with van der Waals surface area (Å²) in [6.07, 6.45) is 1.60. The van der Waals surface area contributed by atoms with Gasteiger partial charge in [-0.3, -0.25) is 9.69 Å². The third-order valence-electron chi connectivity index (χ3n) is 4.92. The zero-order valence-electron chi connectivity index (χ0n) is 14.7. The number of hydrogen-bond acceptors (Lipinski definition) is 6. The fourth-order valence-electron chi connectivity index (χ4n) is 3.69. The molecule has 0 unspecified atom stereocenters. The molecule has 2 N–H and O–H groups in total. The van der Waals surface area contributed by atoms with Gasteiger partial charge in [-0.15, -0.1) is 0 Å². The van der Waals surface area contributed by atoms with E-state index in [9.17, 15) is 4.79 Å². The lowest BCUT2D eigenvalue weighted by Gasteiger charge is -2.34. The van der Waals surface area contributed by atoms with E-state index >= 15 is 0 Å². The molecule has 25 heavy (non-hydrogen) atoms. The number of carbonyl (C=O) groups excluding carboxylic acids is 1. The van der Waals surface area contributed by atoms with Crippen LogP contribution in [0.4, 0.5) is 0 Å². The molecule has 0 aromatic heterocycles. The van der Waals surface area contributed by atoms with Crippen LogP contribution in [-0.4, -0.2) is 74.6 Å². The van der Waals surface area contributed by atoms with Gasteiger partial charge in [-0.25, -0.2) is 0 Å². The molecule has 0 bridgehead atoms. The topological polar surface area (TPSA) is 80.3 Å². The van der Waals surface area contributed by atoms with Crippen LogP contribution in [0.2, 0.25) is 0 Å². The molecule has 1 aromatic rings. The fourth-order valence-corrected chi connectivity index (χ4v) is 3.69. The van der Waals surface area contributed by atoms with Crippen LogP contribution in [0.1, 0.15) is 23.2 Å². The summed E-state index contributed by atoms with van der Waals surface area (Å²) < 4.78 is 16.4. The number of nitrogens with zero attached hydrogens (tertiary/aromatic N) is 1. The number of para-hydroxylation sites is 1. The number of carbonyl (C=O) groups is 1. The maximum atomic E-state index is 12.7. The van der Waals surface area contributed by atoms with Crippen molar-refractivity contribution in [2.45, 2.75) is 31.0 Å². The van der Waals surface area contributed by atoms with Crippen LogP contribution in [-0.2, 0) is 4.74 Å². The average molecular weight is 350 g/mol. The van der Waals surface area contributed by atoms with Crippen LogP contribution < -0.4 is 14.8 Å². The minimum atomic E-state index is -0.159. The molecule has 2 aliphatic heterocycles. The highest BCUT2D eigenvalue weighted by Gasteiger charge is 2.38. The lowest BCUT2D eigenvalue weighted by Crippen LogP contribution is -2.46. The zero-order valence-corrected chi connectivity index (χ0v) is 14.7. The van der Waals surface area contributed by atoms with Crippen molar-refractivity contribution in [2.24, 2.45) is 0 Å². The first-order valence-corrected chi connectivity index (χ1v) is 8.64. The van der Waals surface area contributed by atoms with Gasteiger partial charge >= 0.3 is 0 Å². The van der Waals surface area contributed by atoms with Crippen LogP contribution >= 0.6 is 0 Å². The highest BCUT2D eigenvalue weighted by Crippen LogP contribution is 2.31. The molecular weight excluding hydrogens is 324 g/mol. The molecule has 2 fully saturated rings. The quantitative estimate of drug-likeness (QED) is 0.785. The van der Waals surface area contributed by atoms with Crippen molar-refractivity contribution in [3.05, 3.63) is 23.8 Å². The smallest absolute Gasteiger partial charge is 0.255 e. The Bertz CT molecular complexity index is 609. The summed E-state index contributed by atoms with van der Waals surface area (Å²) in [6, 6.07) is 5.68. The van der Waals surface area contributed by atoms with E-state index in [2.05, 4.69) is 10.2 Å². The highest BCUT2D eigenvalue weighted by atomic mass is 16.5. The number of ether oxygens (including phenoxy) is 3. The number of hydrogen-bond donors (Lipinski definition) is 2. The Morgan fingerprint density at radius 1 is 1.36 bits per heavy atom. The van der Waals surface area contributed by atoms with E-state index in [1.807, 2.05) is 0 Å². The predicted octanol–water partition coefficient (Wildman–Crippen LogP) is 0.658. The number of rotatable bonds is 6. The number of aliphatic hydroxyl groups excluding tert-OH is 1. The van der Waals surface area contributed by atoms with Crippen molar-refractivity contribution in [3.8, 4) is 11.5 Å². The number of fused-ring (bicyclic) bond motifs is 1. The molecule has 7 heteroatoms. The van der Waals surface area contributed by atoms with Gasteiger partial charge in [-0.2, -0.15) is 0 Å². The Hall–Kier alpha value is -1.83. The van der Waals surface area contributed by atoms with Gasteiger partial charge in [-0.1, -0.05) is 6.07 Å². The van der Waals surface area contributed by atoms with E-state index in [1.54, 1.807) is 25.3 Å². The maximum Gasteiger partial charge on any atom is 0.255 e. The van der Waals surface area contributed by atoms with Crippen LogP contribution in [0.5, 0.6) is 11.5 Å². The lowest BCUT2D eigenvalue weighted by atomic mass is 10.1. The van der Waals surface area contributed by atoms with Gasteiger partial charge in [0.25, 0.3) is 5.91 Å². The predicted molar refractivity (Wildman–Crippen MR) is 92.2 cm³/mol. The molecule has 2 heterocycles. The summed E-state index contributed by atoms with van der Waals surface area (Å²) in [4.78, 5) is 15.0. The number of benzene rings is 1. The van der Waals surface area contributed by atoms with Crippen molar-refractivity contribution in [1.29, 1.82) is 0 Å². The van der Waals surface area contributed by atoms with E-state index in [1.165, 1.54) is 7.11 Å². The Morgan fingerprint density at radius 3 is 2.92 bits per heavy atom. The Morgan fingerprint density at radius 2 is 2.20 bits per heavy atom. The molecule has 3 rings (SSSR count). The second-order valence-electron chi connectivity index (χ2n) is 6.52. The first-order valence-electron chi connectivity index (χ1n) is 8.64. The number of aliphatic hydroxyl groups is 1. The average Bonchev–Trinajstić information content (AvgIpc) is 3.02. The molecule has 0 aliphatic carbocycles.